The Morgan fingerprint density at radius 1 is 1.65 bits per heavy atom. The van der Waals surface area contributed by atoms with Crippen molar-refractivity contribution in [1.29, 1.82) is 0 Å². The molecular weight excluding hydrogens is 220 g/mol. The largest absolute Gasteiger partial charge is 0.468 e. The van der Waals surface area contributed by atoms with Crippen LogP contribution in [0.25, 0.3) is 10.4 Å². The first-order chi connectivity index (χ1) is 8.12. The van der Waals surface area contributed by atoms with E-state index in [1.807, 2.05) is 6.92 Å². The predicted molar refractivity (Wildman–Crippen MR) is 64.4 cm³/mol. The van der Waals surface area contributed by atoms with Gasteiger partial charge in [-0.3, -0.25) is 4.79 Å². The van der Waals surface area contributed by atoms with Gasteiger partial charge >= 0.3 is 5.97 Å². The Morgan fingerprint density at radius 2 is 2.35 bits per heavy atom. The van der Waals surface area contributed by atoms with E-state index in [0.29, 0.717) is 19.0 Å². The molecule has 1 rings (SSSR count). The lowest BCUT2D eigenvalue weighted by Gasteiger charge is -2.35. The summed E-state index contributed by atoms with van der Waals surface area (Å²) in [7, 11) is 1.40. The van der Waals surface area contributed by atoms with Gasteiger partial charge in [0.2, 0.25) is 0 Å². The number of nitrogens with zero attached hydrogens (tertiary/aromatic N) is 3. The molecule has 1 aliphatic rings. The molecule has 1 fully saturated rings. The Kier molecular flexibility index (Phi) is 5.25. The zero-order valence-corrected chi connectivity index (χ0v) is 10.5. The van der Waals surface area contributed by atoms with Crippen molar-refractivity contribution in [2.45, 2.75) is 38.1 Å². The normalized spacial score (nSPS) is 18.7. The van der Waals surface area contributed by atoms with E-state index in [2.05, 4.69) is 15.3 Å². The molecule has 0 aliphatic heterocycles. The maximum atomic E-state index is 11.8. The minimum Gasteiger partial charge on any atom is -0.468 e. The first kappa shape index (κ1) is 13.8. The summed E-state index contributed by atoms with van der Waals surface area (Å²) >= 11 is 0. The molecule has 1 saturated carbocycles. The summed E-state index contributed by atoms with van der Waals surface area (Å²) in [5.74, 6) is 0.358. The molecule has 0 heterocycles. The van der Waals surface area contributed by atoms with Gasteiger partial charge in [-0.15, -0.1) is 0 Å². The second kappa shape index (κ2) is 6.47. The fraction of sp³-hybridized carbons (Fsp3) is 0.909. The van der Waals surface area contributed by atoms with Crippen molar-refractivity contribution in [3.05, 3.63) is 10.4 Å². The van der Waals surface area contributed by atoms with E-state index in [0.717, 1.165) is 6.42 Å². The molecule has 0 saturated heterocycles. The summed E-state index contributed by atoms with van der Waals surface area (Å²) in [5.41, 5.74) is 7.52. The fourth-order valence-electron chi connectivity index (χ4n) is 2.15. The first-order valence-corrected chi connectivity index (χ1v) is 5.96. The lowest BCUT2D eigenvalue weighted by Crippen LogP contribution is -2.52. The molecule has 0 aromatic carbocycles. The minimum absolute atomic E-state index is 0.245. The average Bonchev–Trinajstić information content (AvgIpc) is 2.28. The van der Waals surface area contributed by atoms with Crippen LogP contribution in [0.3, 0.4) is 0 Å². The van der Waals surface area contributed by atoms with E-state index in [1.165, 1.54) is 26.4 Å². The number of hydrogen-bond donors (Lipinski definition) is 1. The molecular formula is C11H20N4O2. The zero-order valence-electron chi connectivity index (χ0n) is 10.5. The van der Waals surface area contributed by atoms with Crippen LogP contribution < -0.4 is 5.32 Å². The number of carbonyl (C=O) groups is 1. The molecule has 0 aromatic heterocycles. The number of carbonyl (C=O) groups excluding carboxylic acids is 1. The minimum atomic E-state index is -0.662. The molecule has 0 aromatic rings. The van der Waals surface area contributed by atoms with Crippen LogP contribution in [0.15, 0.2) is 5.11 Å². The van der Waals surface area contributed by atoms with Crippen molar-refractivity contribution in [3.8, 4) is 0 Å². The van der Waals surface area contributed by atoms with E-state index in [9.17, 15) is 4.79 Å². The quantitative estimate of drug-likeness (QED) is 0.243. The monoisotopic (exact) mass is 240 g/mol. The van der Waals surface area contributed by atoms with Crippen LogP contribution in [0, 0.1) is 5.92 Å². The highest BCUT2D eigenvalue weighted by atomic mass is 16.5. The van der Waals surface area contributed by atoms with E-state index in [4.69, 9.17) is 10.3 Å². The van der Waals surface area contributed by atoms with Crippen LogP contribution in [0.5, 0.6) is 0 Å². The van der Waals surface area contributed by atoms with Crippen LogP contribution in [-0.4, -0.2) is 31.7 Å². The fourth-order valence-corrected chi connectivity index (χ4v) is 2.15. The van der Waals surface area contributed by atoms with Gasteiger partial charge in [0.1, 0.15) is 5.54 Å². The number of esters is 1. The van der Waals surface area contributed by atoms with Gasteiger partial charge in [-0.05, 0) is 24.8 Å². The van der Waals surface area contributed by atoms with Gasteiger partial charge in [0.15, 0.2) is 0 Å². The Balaban J connectivity index is 2.50. The number of nitrogens with one attached hydrogen (secondary N) is 1. The second-order valence-electron chi connectivity index (χ2n) is 4.71. The second-order valence-corrected chi connectivity index (χ2v) is 4.71. The molecule has 1 aliphatic carbocycles. The Labute approximate surface area is 101 Å². The summed E-state index contributed by atoms with van der Waals surface area (Å²) in [6.45, 7) is 2.68. The third-order valence-corrected chi connectivity index (χ3v) is 3.35. The molecule has 0 spiro atoms. The third-order valence-electron chi connectivity index (χ3n) is 3.35. The van der Waals surface area contributed by atoms with Crippen LogP contribution >= 0.6 is 0 Å². The summed E-state index contributed by atoms with van der Waals surface area (Å²) in [6, 6.07) is 0. The molecule has 1 N–H and O–H groups in total. The number of azide groups is 1. The Hall–Kier alpha value is -1.26. The standard InChI is InChI=1S/C11H20N4O2/c1-11(10(16)17-2,8-9-4-3-5-9)13-6-7-14-15-12/h9,13H,3-8H2,1-2H3. The Bertz CT molecular complexity index is 311. The van der Waals surface area contributed by atoms with Crippen molar-refractivity contribution in [2.75, 3.05) is 20.2 Å². The Morgan fingerprint density at radius 3 is 2.82 bits per heavy atom. The smallest absolute Gasteiger partial charge is 0.325 e. The first-order valence-electron chi connectivity index (χ1n) is 5.96. The van der Waals surface area contributed by atoms with Crippen LogP contribution in [0.2, 0.25) is 0 Å². The SMILES string of the molecule is COC(=O)C(C)(CC1CCC1)NCCN=[N+]=[N-]. The highest BCUT2D eigenvalue weighted by Crippen LogP contribution is 2.34. The lowest BCUT2D eigenvalue weighted by molar-refractivity contribution is -0.149. The number of rotatable bonds is 7. The van der Waals surface area contributed by atoms with E-state index in [1.54, 1.807) is 0 Å². The van der Waals surface area contributed by atoms with Gasteiger partial charge in [0.25, 0.3) is 0 Å². The molecule has 6 nitrogen and oxygen atoms in total. The van der Waals surface area contributed by atoms with Crippen LogP contribution in [0.1, 0.15) is 32.6 Å². The van der Waals surface area contributed by atoms with Crippen molar-refractivity contribution in [3.63, 3.8) is 0 Å². The molecule has 6 heteroatoms. The van der Waals surface area contributed by atoms with Crippen LogP contribution in [0.4, 0.5) is 0 Å². The highest BCUT2D eigenvalue weighted by Gasteiger charge is 2.37. The number of methoxy groups -OCH3 is 1. The number of ether oxygens (including phenoxy) is 1. The summed E-state index contributed by atoms with van der Waals surface area (Å²) in [6.07, 6.45) is 4.41. The van der Waals surface area contributed by atoms with Gasteiger partial charge in [-0.25, -0.2) is 0 Å². The maximum absolute atomic E-state index is 11.8. The molecule has 0 radical (unpaired) electrons. The van der Waals surface area contributed by atoms with Crippen molar-refractivity contribution in [2.24, 2.45) is 11.0 Å². The van der Waals surface area contributed by atoms with E-state index in [-0.39, 0.29) is 5.97 Å². The van der Waals surface area contributed by atoms with Crippen molar-refractivity contribution in [1.82, 2.24) is 5.32 Å². The van der Waals surface area contributed by atoms with E-state index < -0.39 is 5.54 Å². The van der Waals surface area contributed by atoms with Crippen molar-refractivity contribution < 1.29 is 9.53 Å². The molecule has 1 atom stereocenters. The van der Waals surface area contributed by atoms with Gasteiger partial charge in [0.05, 0.1) is 7.11 Å². The topological polar surface area (TPSA) is 87.1 Å². The summed E-state index contributed by atoms with van der Waals surface area (Å²) in [5, 5.41) is 6.58. The van der Waals surface area contributed by atoms with Gasteiger partial charge in [-0.1, -0.05) is 24.4 Å². The molecule has 96 valence electrons. The summed E-state index contributed by atoms with van der Waals surface area (Å²) in [4.78, 5) is 14.5. The molecule has 0 amide bonds. The van der Waals surface area contributed by atoms with Crippen molar-refractivity contribution >= 4 is 5.97 Å². The third kappa shape index (κ3) is 3.91. The number of hydrogen-bond acceptors (Lipinski definition) is 4. The zero-order chi connectivity index (χ0) is 12.7. The van der Waals surface area contributed by atoms with Gasteiger partial charge < -0.3 is 10.1 Å². The average molecular weight is 240 g/mol. The molecule has 17 heavy (non-hydrogen) atoms. The van der Waals surface area contributed by atoms with E-state index >= 15 is 0 Å². The van der Waals surface area contributed by atoms with Gasteiger partial charge in [0, 0.05) is 18.0 Å². The lowest BCUT2D eigenvalue weighted by atomic mass is 9.76. The summed E-state index contributed by atoms with van der Waals surface area (Å²) < 4.78 is 4.84. The maximum Gasteiger partial charge on any atom is 0.325 e. The molecule has 1 unspecified atom stereocenters. The predicted octanol–water partition coefficient (Wildman–Crippen LogP) is 2.01. The highest BCUT2D eigenvalue weighted by molar-refractivity contribution is 5.80. The molecule has 0 bridgehead atoms. The van der Waals surface area contributed by atoms with Crippen LogP contribution in [-0.2, 0) is 9.53 Å². The van der Waals surface area contributed by atoms with Gasteiger partial charge in [-0.2, -0.15) is 0 Å².